The molecule has 2 aromatic heterocycles. The largest absolute Gasteiger partial charge is 0.353 e. The van der Waals surface area contributed by atoms with E-state index in [1.807, 2.05) is 29.8 Å². The summed E-state index contributed by atoms with van der Waals surface area (Å²) in [4.78, 5) is 4.46. The molecule has 4 nitrogen and oxygen atoms in total. The van der Waals surface area contributed by atoms with E-state index in [0.29, 0.717) is 5.92 Å². The molecule has 16 heavy (non-hydrogen) atoms. The third-order valence-electron chi connectivity index (χ3n) is 2.86. The van der Waals surface area contributed by atoms with E-state index >= 15 is 0 Å². The number of pyridine rings is 1. The first-order valence-corrected chi connectivity index (χ1v) is 5.76. The van der Waals surface area contributed by atoms with Crippen LogP contribution in [0.2, 0.25) is 0 Å². The Morgan fingerprint density at radius 3 is 3.00 bits per heavy atom. The minimum atomic E-state index is 0.646. The quantitative estimate of drug-likeness (QED) is 0.857. The van der Waals surface area contributed by atoms with Crippen molar-refractivity contribution in [3.05, 3.63) is 23.9 Å². The third kappa shape index (κ3) is 2.15. The highest BCUT2D eigenvalue weighted by Gasteiger charge is 2.05. The van der Waals surface area contributed by atoms with E-state index < -0.39 is 0 Å². The van der Waals surface area contributed by atoms with E-state index in [1.165, 1.54) is 6.42 Å². The van der Waals surface area contributed by atoms with Gasteiger partial charge in [-0.3, -0.25) is 0 Å². The zero-order valence-electron chi connectivity index (χ0n) is 10.1. The van der Waals surface area contributed by atoms with Gasteiger partial charge in [-0.25, -0.2) is 4.52 Å². The molecular formula is C12H18N4. The average Bonchev–Trinajstić information content (AvgIpc) is 2.70. The molecule has 1 N–H and O–H groups in total. The molecule has 1 atom stereocenters. The van der Waals surface area contributed by atoms with Gasteiger partial charge in [0.25, 0.3) is 0 Å². The second kappa shape index (κ2) is 4.51. The van der Waals surface area contributed by atoms with Crippen molar-refractivity contribution in [1.82, 2.24) is 14.6 Å². The van der Waals surface area contributed by atoms with E-state index in [2.05, 4.69) is 29.2 Å². The van der Waals surface area contributed by atoms with E-state index in [9.17, 15) is 0 Å². The number of aromatic nitrogens is 3. The van der Waals surface area contributed by atoms with Crippen molar-refractivity contribution >= 4 is 11.6 Å². The second-order valence-corrected chi connectivity index (χ2v) is 4.29. The van der Waals surface area contributed by atoms with Gasteiger partial charge in [0.15, 0.2) is 5.65 Å². The Balaban J connectivity index is 2.17. The minimum absolute atomic E-state index is 0.646. The lowest BCUT2D eigenvalue weighted by Crippen LogP contribution is -2.11. The van der Waals surface area contributed by atoms with Crippen LogP contribution >= 0.6 is 0 Å². The van der Waals surface area contributed by atoms with E-state index in [1.54, 1.807) is 0 Å². The van der Waals surface area contributed by atoms with Crippen LogP contribution < -0.4 is 5.32 Å². The monoisotopic (exact) mass is 218 g/mol. The van der Waals surface area contributed by atoms with Crippen molar-refractivity contribution in [2.75, 3.05) is 11.9 Å². The first-order valence-electron chi connectivity index (χ1n) is 5.76. The zero-order valence-corrected chi connectivity index (χ0v) is 10.1. The van der Waals surface area contributed by atoms with Crippen molar-refractivity contribution in [3.63, 3.8) is 0 Å². The molecule has 2 aromatic rings. The van der Waals surface area contributed by atoms with Gasteiger partial charge in [-0.1, -0.05) is 26.3 Å². The molecule has 0 saturated carbocycles. The number of anilines is 1. The maximum atomic E-state index is 4.46. The van der Waals surface area contributed by atoms with Crippen molar-refractivity contribution < 1.29 is 0 Å². The fraction of sp³-hybridized carbons (Fsp3) is 0.500. The van der Waals surface area contributed by atoms with Gasteiger partial charge >= 0.3 is 0 Å². The highest BCUT2D eigenvalue weighted by atomic mass is 15.3. The number of hydrogen-bond acceptors (Lipinski definition) is 3. The molecule has 0 amide bonds. The van der Waals surface area contributed by atoms with Crippen LogP contribution in [0.4, 0.5) is 5.95 Å². The highest BCUT2D eigenvalue weighted by molar-refractivity contribution is 5.49. The van der Waals surface area contributed by atoms with Crippen LogP contribution in [-0.4, -0.2) is 21.1 Å². The molecule has 0 aliphatic carbocycles. The van der Waals surface area contributed by atoms with Gasteiger partial charge in [0, 0.05) is 12.7 Å². The van der Waals surface area contributed by atoms with Crippen LogP contribution in [-0.2, 0) is 0 Å². The summed E-state index contributed by atoms with van der Waals surface area (Å²) in [5, 5.41) is 7.64. The van der Waals surface area contributed by atoms with Gasteiger partial charge in [-0.2, -0.15) is 4.98 Å². The van der Waals surface area contributed by atoms with Crippen molar-refractivity contribution in [1.29, 1.82) is 0 Å². The Hall–Kier alpha value is -1.58. The zero-order chi connectivity index (χ0) is 11.5. The fourth-order valence-electron chi connectivity index (χ4n) is 1.52. The van der Waals surface area contributed by atoms with Crippen LogP contribution in [0.3, 0.4) is 0 Å². The summed E-state index contributed by atoms with van der Waals surface area (Å²) in [5.74, 6) is 1.36. The molecule has 4 heteroatoms. The number of hydrogen-bond donors (Lipinski definition) is 1. The number of nitrogens with one attached hydrogen (secondary N) is 1. The normalized spacial score (nSPS) is 12.9. The van der Waals surface area contributed by atoms with Gasteiger partial charge in [0.1, 0.15) is 0 Å². The van der Waals surface area contributed by atoms with Gasteiger partial charge in [0.2, 0.25) is 5.95 Å². The molecule has 86 valence electrons. The van der Waals surface area contributed by atoms with E-state index in [0.717, 1.165) is 23.7 Å². The maximum Gasteiger partial charge on any atom is 0.243 e. The van der Waals surface area contributed by atoms with Crippen LogP contribution in [0.25, 0.3) is 5.65 Å². The number of nitrogens with zero attached hydrogens (tertiary/aromatic N) is 3. The maximum absolute atomic E-state index is 4.46. The van der Waals surface area contributed by atoms with Crippen molar-refractivity contribution in [2.24, 2.45) is 5.92 Å². The number of fused-ring (bicyclic) bond motifs is 1. The standard InChI is InChI=1S/C12H18N4/c1-4-9(2)8-13-12-14-11-10(3)6-5-7-16(11)15-12/h5-7,9H,4,8H2,1-3H3,(H,13,15). The summed E-state index contributed by atoms with van der Waals surface area (Å²) in [5.41, 5.74) is 2.07. The summed E-state index contributed by atoms with van der Waals surface area (Å²) in [6.07, 6.45) is 3.09. The minimum Gasteiger partial charge on any atom is -0.353 e. The molecule has 0 radical (unpaired) electrons. The van der Waals surface area contributed by atoms with Crippen LogP contribution in [0, 0.1) is 12.8 Å². The van der Waals surface area contributed by atoms with Gasteiger partial charge < -0.3 is 5.32 Å². The topological polar surface area (TPSA) is 42.2 Å². The first kappa shape index (κ1) is 10.9. The Labute approximate surface area is 95.7 Å². The molecule has 2 heterocycles. The van der Waals surface area contributed by atoms with Crippen LogP contribution in [0.5, 0.6) is 0 Å². The summed E-state index contributed by atoms with van der Waals surface area (Å²) >= 11 is 0. The van der Waals surface area contributed by atoms with Crippen LogP contribution in [0.1, 0.15) is 25.8 Å². The smallest absolute Gasteiger partial charge is 0.243 e. The second-order valence-electron chi connectivity index (χ2n) is 4.29. The fourth-order valence-corrected chi connectivity index (χ4v) is 1.52. The van der Waals surface area contributed by atoms with Crippen LogP contribution in [0.15, 0.2) is 18.3 Å². The molecule has 0 spiro atoms. The molecule has 0 fully saturated rings. The Bertz CT molecular complexity index is 475. The lowest BCUT2D eigenvalue weighted by Gasteiger charge is -2.07. The van der Waals surface area contributed by atoms with Gasteiger partial charge in [-0.05, 0) is 24.5 Å². The first-order chi connectivity index (χ1) is 7.70. The molecular weight excluding hydrogens is 200 g/mol. The van der Waals surface area contributed by atoms with Crippen molar-refractivity contribution in [2.45, 2.75) is 27.2 Å². The van der Waals surface area contributed by atoms with Gasteiger partial charge in [-0.15, -0.1) is 5.10 Å². The summed E-state index contributed by atoms with van der Waals surface area (Å²) in [6.45, 7) is 7.37. The van der Waals surface area contributed by atoms with E-state index in [4.69, 9.17) is 0 Å². The van der Waals surface area contributed by atoms with Crippen molar-refractivity contribution in [3.8, 4) is 0 Å². The molecule has 0 bridgehead atoms. The number of rotatable bonds is 4. The summed E-state index contributed by atoms with van der Waals surface area (Å²) in [6, 6.07) is 4.03. The molecule has 0 aliphatic heterocycles. The lowest BCUT2D eigenvalue weighted by atomic mass is 10.1. The Morgan fingerprint density at radius 1 is 1.50 bits per heavy atom. The molecule has 2 rings (SSSR count). The predicted octanol–water partition coefficient (Wildman–Crippen LogP) is 2.50. The highest BCUT2D eigenvalue weighted by Crippen LogP contribution is 2.10. The third-order valence-corrected chi connectivity index (χ3v) is 2.86. The molecule has 0 aromatic carbocycles. The average molecular weight is 218 g/mol. The molecule has 1 unspecified atom stereocenters. The Morgan fingerprint density at radius 2 is 2.31 bits per heavy atom. The molecule has 0 saturated heterocycles. The van der Waals surface area contributed by atoms with E-state index in [-0.39, 0.29) is 0 Å². The summed E-state index contributed by atoms with van der Waals surface area (Å²) < 4.78 is 1.81. The summed E-state index contributed by atoms with van der Waals surface area (Å²) in [7, 11) is 0. The number of aryl methyl sites for hydroxylation is 1. The SMILES string of the molecule is CCC(C)CNc1nc2c(C)cccn2n1. The Kier molecular flexibility index (Phi) is 3.08. The predicted molar refractivity (Wildman–Crippen MR) is 65.7 cm³/mol. The molecule has 0 aliphatic rings. The lowest BCUT2D eigenvalue weighted by molar-refractivity contribution is 0.591. The van der Waals surface area contributed by atoms with Gasteiger partial charge in [0.05, 0.1) is 0 Å².